The van der Waals surface area contributed by atoms with Crippen LogP contribution in [0.1, 0.15) is 6.92 Å². The van der Waals surface area contributed by atoms with Crippen LogP contribution < -0.4 is 0 Å². The maximum atomic E-state index is 10.1. The van der Waals surface area contributed by atoms with Crippen molar-refractivity contribution in [2.75, 3.05) is 5.75 Å². The van der Waals surface area contributed by atoms with Gasteiger partial charge in [0.1, 0.15) is 0 Å². The standard InChI is InChI=1S/C2H7NO3S/c1-2-7(5,6)3-4/h4H,2H2,1H3,(H,3,5,6). The van der Waals surface area contributed by atoms with Crippen LogP contribution >= 0.6 is 0 Å². The first-order valence-corrected chi connectivity index (χ1v) is 3.37. The lowest BCUT2D eigenvalue weighted by atomic mass is 11.0. The Labute approximate surface area is 42.1 Å². The second-order valence-electron chi connectivity index (χ2n) is 0.977. The zero-order valence-electron chi connectivity index (χ0n) is 3.87. The van der Waals surface area contributed by atoms with Crippen molar-refractivity contribution in [1.29, 1.82) is 0 Å². The molecule has 0 aromatic carbocycles. The molecule has 0 saturated carbocycles. The molecule has 0 aromatic rings. The van der Waals surface area contributed by atoms with Gasteiger partial charge >= 0.3 is 0 Å². The zero-order chi connectivity index (χ0) is 5.91. The van der Waals surface area contributed by atoms with Gasteiger partial charge in [-0.1, -0.05) is 11.4 Å². The Morgan fingerprint density at radius 2 is 2.29 bits per heavy atom. The quantitative estimate of drug-likeness (QED) is 0.496. The molecule has 0 amide bonds. The van der Waals surface area contributed by atoms with Gasteiger partial charge in [-0.25, -0.2) is 4.21 Å². The van der Waals surface area contributed by atoms with E-state index < -0.39 is 10.0 Å². The Hall–Kier alpha value is -0.130. The average Bonchev–Trinajstić information content (AvgIpc) is 1.68. The molecule has 44 valence electrons. The van der Waals surface area contributed by atoms with Crippen molar-refractivity contribution in [1.82, 2.24) is 0 Å². The molecule has 0 spiro atoms. The molecule has 0 aliphatic heterocycles. The molecule has 0 bridgehead atoms. The molecule has 1 unspecified atom stereocenters. The highest BCUT2D eigenvalue weighted by Crippen LogP contribution is 1.83. The smallest absolute Gasteiger partial charge is 0.186 e. The van der Waals surface area contributed by atoms with Crippen molar-refractivity contribution in [2.45, 2.75) is 6.92 Å². The second kappa shape index (κ2) is 2.25. The highest BCUT2D eigenvalue weighted by atomic mass is 32.2. The van der Waals surface area contributed by atoms with Crippen LogP contribution in [0.3, 0.4) is 0 Å². The van der Waals surface area contributed by atoms with Crippen LogP contribution in [0.5, 0.6) is 0 Å². The summed E-state index contributed by atoms with van der Waals surface area (Å²) in [7, 11) is -3.23. The minimum atomic E-state index is -3.23. The maximum absolute atomic E-state index is 10.1. The molecule has 0 fully saturated rings. The van der Waals surface area contributed by atoms with Gasteiger partial charge in [-0.3, -0.25) is 9.76 Å². The number of rotatable bonds is 1. The first-order chi connectivity index (χ1) is 3.12. The summed E-state index contributed by atoms with van der Waals surface area (Å²) in [6.45, 7) is 1.46. The largest absolute Gasteiger partial charge is 0.299 e. The summed E-state index contributed by atoms with van der Waals surface area (Å²) in [5, 5.41) is 7.69. The van der Waals surface area contributed by atoms with Crippen LogP contribution in [0.25, 0.3) is 0 Å². The highest BCUT2D eigenvalue weighted by molar-refractivity contribution is 7.87. The molecule has 1 atom stereocenters. The molecule has 2 N–H and O–H groups in total. The van der Waals surface area contributed by atoms with Crippen LogP contribution in [0.4, 0.5) is 0 Å². The van der Waals surface area contributed by atoms with E-state index in [0.717, 1.165) is 0 Å². The molecule has 0 saturated heterocycles. The van der Waals surface area contributed by atoms with Gasteiger partial charge in [-0.05, 0) is 0 Å². The Morgan fingerprint density at radius 3 is 2.29 bits per heavy atom. The molecule has 0 rings (SSSR count). The Bertz CT molecular complexity index is 145. The van der Waals surface area contributed by atoms with E-state index in [9.17, 15) is 4.21 Å². The molecular formula is C2H7NO3S. The fourth-order valence-corrected chi connectivity index (χ4v) is 0.173. The fraction of sp³-hybridized carbons (Fsp3) is 1.00. The molecule has 7 heavy (non-hydrogen) atoms. The third kappa shape index (κ3) is 2.55. The van der Waals surface area contributed by atoms with E-state index in [1.165, 1.54) is 6.92 Å². The van der Waals surface area contributed by atoms with Crippen LogP contribution in [-0.4, -0.2) is 19.7 Å². The zero-order valence-corrected chi connectivity index (χ0v) is 4.68. The van der Waals surface area contributed by atoms with E-state index >= 15 is 0 Å². The van der Waals surface area contributed by atoms with E-state index in [2.05, 4.69) is 4.53 Å². The van der Waals surface area contributed by atoms with Crippen molar-refractivity contribution in [2.24, 2.45) is 4.53 Å². The van der Waals surface area contributed by atoms with E-state index in [-0.39, 0.29) is 5.75 Å². The van der Waals surface area contributed by atoms with Gasteiger partial charge < -0.3 is 0 Å². The van der Waals surface area contributed by atoms with Gasteiger partial charge in [0.2, 0.25) is 0 Å². The van der Waals surface area contributed by atoms with E-state index in [1.807, 2.05) is 0 Å². The van der Waals surface area contributed by atoms with Crippen molar-refractivity contribution in [3.8, 4) is 0 Å². The number of hydrogen-bond donors (Lipinski definition) is 2. The predicted molar refractivity (Wildman–Crippen MR) is 25.5 cm³/mol. The van der Waals surface area contributed by atoms with E-state index in [1.54, 1.807) is 0 Å². The Morgan fingerprint density at radius 1 is 1.86 bits per heavy atom. The molecule has 0 aliphatic carbocycles. The molecule has 0 aromatic heterocycles. The highest BCUT2D eigenvalue weighted by Gasteiger charge is 1.93. The second-order valence-corrected chi connectivity index (χ2v) is 2.93. The monoisotopic (exact) mass is 125 g/mol. The summed E-state index contributed by atoms with van der Waals surface area (Å²) < 4.78 is 20.5. The summed E-state index contributed by atoms with van der Waals surface area (Å²) in [6, 6.07) is 0. The lowest BCUT2D eigenvalue weighted by Gasteiger charge is -1.88. The Kier molecular flexibility index (Phi) is 2.21. The van der Waals surface area contributed by atoms with Crippen LogP contribution in [0, 0.1) is 0 Å². The fourth-order valence-electron chi connectivity index (χ4n) is 0.0577. The van der Waals surface area contributed by atoms with Crippen LogP contribution in [0.2, 0.25) is 0 Å². The maximum Gasteiger partial charge on any atom is 0.186 e. The number of hydrogen-bond acceptors (Lipinski definition) is 2. The van der Waals surface area contributed by atoms with Crippen LogP contribution in [-0.2, 0) is 10.0 Å². The van der Waals surface area contributed by atoms with Gasteiger partial charge in [0.05, 0.1) is 5.75 Å². The van der Waals surface area contributed by atoms with E-state index in [0.29, 0.717) is 0 Å². The minimum absolute atomic E-state index is 0.0382. The molecule has 0 aliphatic rings. The first-order valence-electron chi connectivity index (χ1n) is 1.73. The third-order valence-corrected chi connectivity index (χ3v) is 1.51. The summed E-state index contributed by atoms with van der Waals surface area (Å²) in [4.78, 5) is 0. The first kappa shape index (κ1) is 6.87. The van der Waals surface area contributed by atoms with Crippen molar-refractivity contribution >= 4 is 10.0 Å². The normalized spacial score (nSPS) is 18.1. The minimum Gasteiger partial charge on any atom is -0.299 e. The molecule has 0 radical (unpaired) electrons. The third-order valence-electron chi connectivity index (χ3n) is 0.504. The topological polar surface area (TPSA) is 69.9 Å². The van der Waals surface area contributed by atoms with Gasteiger partial charge in [-0.15, -0.1) is 0 Å². The Balaban J connectivity index is 4.17. The number of nitrogens with zero attached hydrogens (tertiary/aromatic N) is 1. The summed E-state index contributed by atoms with van der Waals surface area (Å²) in [5.41, 5.74) is 0. The summed E-state index contributed by atoms with van der Waals surface area (Å²) >= 11 is 0. The van der Waals surface area contributed by atoms with Crippen molar-refractivity contribution in [3.63, 3.8) is 0 Å². The van der Waals surface area contributed by atoms with Gasteiger partial charge in [0.15, 0.2) is 10.0 Å². The molecule has 5 heteroatoms. The molecule has 0 heterocycles. The lowest BCUT2D eigenvalue weighted by molar-refractivity contribution is 0.316. The van der Waals surface area contributed by atoms with Crippen molar-refractivity contribution < 1.29 is 14.0 Å². The van der Waals surface area contributed by atoms with Gasteiger partial charge in [-0.2, -0.15) is 0 Å². The van der Waals surface area contributed by atoms with E-state index in [4.69, 9.17) is 9.76 Å². The van der Waals surface area contributed by atoms with Gasteiger partial charge in [0, 0.05) is 0 Å². The average molecular weight is 125 g/mol. The van der Waals surface area contributed by atoms with Gasteiger partial charge in [0.25, 0.3) is 0 Å². The predicted octanol–water partition coefficient (Wildman–Crippen LogP) is 0.337. The summed E-state index contributed by atoms with van der Waals surface area (Å²) in [5.74, 6) is -0.0382. The molecule has 4 nitrogen and oxygen atoms in total. The van der Waals surface area contributed by atoms with Crippen molar-refractivity contribution in [3.05, 3.63) is 0 Å². The summed E-state index contributed by atoms with van der Waals surface area (Å²) in [6.07, 6.45) is 0. The van der Waals surface area contributed by atoms with Crippen LogP contribution in [0.15, 0.2) is 4.53 Å². The lowest BCUT2D eigenvalue weighted by Crippen LogP contribution is -1.98. The SMILES string of the molecule is CCS(=O)(O)=NO. The molecular weight excluding hydrogens is 118 g/mol.